The summed E-state index contributed by atoms with van der Waals surface area (Å²) < 4.78 is 10.4. The van der Waals surface area contributed by atoms with Crippen molar-refractivity contribution in [2.24, 2.45) is 0 Å². The van der Waals surface area contributed by atoms with E-state index in [4.69, 9.17) is 21.1 Å². The molecule has 0 atom stereocenters. The molecule has 3 N–H and O–H groups in total. The van der Waals surface area contributed by atoms with Gasteiger partial charge in [-0.3, -0.25) is 4.79 Å². The first-order valence-electron chi connectivity index (χ1n) is 8.33. The van der Waals surface area contributed by atoms with Gasteiger partial charge in [0.05, 0.1) is 20.8 Å². The van der Waals surface area contributed by atoms with E-state index in [0.29, 0.717) is 28.6 Å². The SMILES string of the molecule is COc1ccc(C[P+](O)(O)CC(=O)CNCc2ccc(Cl)cc2)cc1OC. The molecule has 2 aromatic rings. The van der Waals surface area contributed by atoms with Crippen molar-refractivity contribution in [1.29, 1.82) is 0 Å². The molecule has 0 fully saturated rings. The van der Waals surface area contributed by atoms with Gasteiger partial charge in [0.1, 0.15) is 6.16 Å². The summed E-state index contributed by atoms with van der Waals surface area (Å²) in [6.45, 7) is 0.568. The maximum Gasteiger partial charge on any atom is 0.279 e. The van der Waals surface area contributed by atoms with Crippen molar-refractivity contribution >= 4 is 25.1 Å². The van der Waals surface area contributed by atoms with Gasteiger partial charge in [-0.05, 0) is 35.4 Å². The second kappa shape index (κ2) is 10.0. The quantitative estimate of drug-likeness (QED) is 0.520. The van der Waals surface area contributed by atoms with E-state index in [1.165, 1.54) is 14.2 Å². The number of halogens is 1. The predicted octanol–water partition coefficient (Wildman–Crippen LogP) is 3.05. The highest BCUT2D eigenvalue weighted by Gasteiger charge is 2.36. The van der Waals surface area contributed by atoms with Gasteiger partial charge in [0.25, 0.3) is 7.72 Å². The van der Waals surface area contributed by atoms with Crippen LogP contribution in [-0.2, 0) is 17.5 Å². The van der Waals surface area contributed by atoms with Gasteiger partial charge in [-0.15, -0.1) is 0 Å². The molecule has 0 bridgehead atoms. The minimum absolute atomic E-state index is 0.0102. The van der Waals surface area contributed by atoms with Crippen LogP contribution in [0.25, 0.3) is 0 Å². The fourth-order valence-corrected chi connectivity index (χ4v) is 4.31. The Morgan fingerprint density at radius 2 is 1.67 bits per heavy atom. The number of rotatable bonds is 10. The molecule has 0 radical (unpaired) electrons. The number of carbonyl (C=O) groups excluding carboxylic acids is 1. The van der Waals surface area contributed by atoms with Gasteiger partial charge in [-0.1, -0.05) is 29.8 Å². The summed E-state index contributed by atoms with van der Waals surface area (Å²) in [5.74, 6) is 0.817. The minimum Gasteiger partial charge on any atom is -0.493 e. The molecule has 27 heavy (non-hydrogen) atoms. The summed E-state index contributed by atoms with van der Waals surface area (Å²) >= 11 is 5.83. The zero-order valence-corrected chi connectivity index (χ0v) is 17.0. The molecular weight excluding hydrogens is 389 g/mol. The summed E-state index contributed by atoms with van der Waals surface area (Å²) in [5.41, 5.74) is 1.67. The third-order valence-electron chi connectivity index (χ3n) is 3.88. The van der Waals surface area contributed by atoms with E-state index >= 15 is 0 Å². The average molecular weight is 413 g/mol. The minimum atomic E-state index is -3.40. The number of methoxy groups -OCH3 is 2. The highest BCUT2D eigenvalue weighted by molar-refractivity contribution is 7.64. The van der Waals surface area contributed by atoms with Crippen LogP contribution in [0.2, 0.25) is 5.02 Å². The van der Waals surface area contributed by atoms with Gasteiger partial charge in [-0.25, -0.2) is 9.79 Å². The van der Waals surface area contributed by atoms with E-state index in [1.54, 1.807) is 30.3 Å². The van der Waals surface area contributed by atoms with Gasteiger partial charge in [-0.2, -0.15) is 0 Å². The van der Waals surface area contributed by atoms with Crippen LogP contribution in [0.1, 0.15) is 11.1 Å². The van der Waals surface area contributed by atoms with Crippen molar-refractivity contribution in [1.82, 2.24) is 5.32 Å². The summed E-state index contributed by atoms with van der Waals surface area (Å²) in [6.07, 6.45) is -0.259. The topological polar surface area (TPSA) is 88.0 Å². The van der Waals surface area contributed by atoms with Gasteiger partial charge in [0.2, 0.25) is 0 Å². The van der Waals surface area contributed by atoms with Crippen molar-refractivity contribution in [3.63, 3.8) is 0 Å². The number of Topliss-reactive ketones (excluding diaryl/α,β-unsaturated/α-hetero) is 1. The molecule has 2 aromatic carbocycles. The van der Waals surface area contributed by atoms with E-state index in [-0.39, 0.29) is 24.7 Å². The van der Waals surface area contributed by atoms with Gasteiger partial charge < -0.3 is 14.8 Å². The van der Waals surface area contributed by atoms with Crippen LogP contribution >= 0.6 is 19.3 Å². The Bertz CT molecular complexity index is 767. The molecule has 0 saturated carbocycles. The summed E-state index contributed by atoms with van der Waals surface area (Å²) in [6, 6.07) is 12.4. The number of carbonyl (C=O) groups is 1. The fourth-order valence-electron chi connectivity index (χ4n) is 2.61. The number of hydrogen-bond acceptors (Lipinski definition) is 6. The molecule has 0 spiro atoms. The van der Waals surface area contributed by atoms with Crippen molar-refractivity contribution in [3.05, 3.63) is 58.6 Å². The number of ether oxygens (including phenoxy) is 2. The third kappa shape index (κ3) is 7.09. The molecule has 0 heterocycles. The van der Waals surface area contributed by atoms with Gasteiger partial charge in [0.15, 0.2) is 23.4 Å². The lowest BCUT2D eigenvalue weighted by atomic mass is 10.2. The zero-order valence-electron chi connectivity index (χ0n) is 15.3. The molecule has 0 aliphatic rings. The first-order chi connectivity index (χ1) is 12.8. The maximum absolute atomic E-state index is 12.1. The van der Waals surface area contributed by atoms with Crippen LogP contribution in [0.4, 0.5) is 0 Å². The molecule has 0 aromatic heterocycles. The van der Waals surface area contributed by atoms with E-state index in [2.05, 4.69) is 5.32 Å². The van der Waals surface area contributed by atoms with Crippen LogP contribution in [0.3, 0.4) is 0 Å². The first-order valence-corrected chi connectivity index (χ1v) is 10.8. The van der Waals surface area contributed by atoms with Crippen molar-refractivity contribution < 1.29 is 24.1 Å². The normalized spacial score (nSPS) is 11.3. The highest BCUT2D eigenvalue weighted by atomic mass is 35.5. The Hall–Kier alpha value is -1.69. The first kappa shape index (κ1) is 21.6. The van der Waals surface area contributed by atoms with E-state index in [0.717, 1.165) is 5.56 Å². The largest absolute Gasteiger partial charge is 0.493 e. The molecule has 146 valence electrons. The smallest absolute Gasteiger partial charge is 0.279 e. The zero-order chi connectivity index (χ0) is 19.9. The number of nitrogens with one attached hydrogen (secondary N) is 1. The van der Waals surface area contributed by atoms with Crippen LogP contribution in [0, 0.1) is 0 Å². The predicted molar refractivity (Wildman–Crippen MR) is 108 cm³/mol. The lowest BCUT2D eigenvalue weighted by Gasteiger charge is -2.14. The molecule has 0 aliphatic heterocycles. The molecular formula is C19H24ClNO5P+. The molecule has 0 amide bonds. The lowest BCUT2D eigenvalue weighted by Crippen LogP contribution is -2.26. The van der Waals surface area contributed by atoms with Crippen molar-refractivity contribution in [2.45, 2.75) is 12.7 Å². The molecule has 8 heteroatoms. The lowest BCUT2D eigenvalue weighted by molar-refractivity contribution is -0.116. The van der Waals surface area contributed by atoms with E-state index in [9.17, 15) is 14.6 Å². The second-order valence-corrected chi connectivity index (χ2v) is 8.98. The van der Waals surface area contributed by atoms with Crippen LogP contribution in [0.15, 0.2) is 42.5 Å². The molecule has 2 rings (SSSR count). The van der Waals surface area contributed by atoms with Crippen LogP contribution in [-0.4, -0.2) is 42.5 Å². The van der Waals surface area contributed by atoms with E-state index in [1.807, 2.05) is 12.1 Å². The van der Waals surface area contributed by atoms with Crippen LogP contribution < -0.4 is 14.8 Å². The molecule has 0 saturated heterocycles. The van der Waals surface area contributed by atoms with Gasteiger partial charge in [0, 0.05) is 11.6 Å². The Balaban J connectivity index is 1.85. The Morgan fingerprint density at radius 1 is 1.04 bits per heavy atom. The van der Waals surface area contributed by atoms with Crippen molar-refractivity contribution in [3.8, 4) is 11.5 Å². The molecule has 0 aliphatic carbocycles. The number of ketones is 1. The highest BCUT2D eigenvalue weighted by Crippen LogP contribution is 2.53. The summed E-state index contributed by atoms with van der Waals surface area (Å²) in [4.78, 5) is 32.7. The average Bonchev–Trinajstić information content (AvgIpc) is 2.62. The van der Waals surface area contributed by atoms with Gasteiger partial charge >= 0.3 is 0 Å². The summed E-state index contributed by atoms with van der Waals surface area (Å²) in [7, 11) is -0.354. The fraction of sp³-hybridized carbons (Fsp3) is 0.316. The Labute approximate surface area is 164 Å². The molecule has 0 unspecified atom stereocenters. The Morgan fingerprint density at radius 3 is 2.30 bits per heavy atom. The molecule has 6 nitrogen and oxygen atoms in total. The monoisotopic (exact) mass is 412 g/mol. The maximum atomic E-state index is 12.1. The van der Waals surface area contributed by atoms with E-state index < -0.39 is 7.72 Å². The summed E-state index contributed by atoms with van der Waals surface area (Å²) in [5, 5.41) is 3.66. The number of hydrogen-bond donors (Lipinski definition) is 3. The standard InChI is InChI=1S/C19H24ClNO5P/c1-25-18-8-5-15(9-19(18)26-2)12-27(23,24)13-17(22)11-21-10-14-3-6-16(20)7-4-14/h3-9,21,23-24H,10-13H2,1-2H3/q+1. The number of benzene rings is 2. The second-order valence-electron chi connectivity index (χ2n) is 6.15. The van der Waals surface area contributed by atoms with Crippen molar-refractivity contribution in [2.75, 3.05) is 26.9 Å². The Kier molecular flexibility index (Phi) is 8.02. The third-order valence-corrected chi connectivity index (χ3v) is 5.86. The van der Waals surface area contributed by atoms with Crippen LogP contribution in [0.5, 0.6) is 11.5 Å².